The predicted octanol–water partition coefficient (Wildman–Crippen LogP) is 1.18. The van der Waals surface area contributed by atoms with Crippen molar-refractivity contribution in [3.63, 3.8) is 0 Å². The maximum Gasteiger partial charge on any atom is 0.216 e. The van der Waals surface area contributed by atoms with Crippen molar-refractivity contribution in [2.24, 2.45) is 0 Å². The van der Waals surface area contributed by atoms with Crippen LogP contribution in [0.2, 0.25) is 0 Å². The number of rotatable bonds is 6. The van der Waals surface area contributed by atoms with Crippen LogP contribution in [0.1, 0.15) is 31.4 Å². The first-order valence-corrected chi connectivity index (χ1v) is 8.57. The SMILES string of the molecule is CC(CNC1CC1)S(=O)(=O)NC1COc2ccccc21. The normalized spacial score (nSPS) is 23.1. The quantitative estimate of drug-likeness (QED) is 0.827. The van der Waals surface area contributed by atoms with Gasteiger partial charge in [-0.25, -0.2) is 13.1 Å². The number of ether oxygens (including phenoxy) is 1. The summed E-state index contributed by atoms with van der Waals surface area (Å²) in [6, 6.07) is 7.79. The minimum absolute atomic E-state index is 0.278. The van der Waals surface area contributed by atoms with Gasteiger partial charge in [-0.2, -0.15) is 0 Å². The van der Waals surface area contributed by atoms with Gasteiger partial charge in [-0.1, -0.05) is 18.2 Å². The molecule has 0 radical (unpaired) electrons. The zero-order valence-corrected chi connectivity index (χ0v) is 12.3. The molecule has 3 rings (SSSR count). The molecule has 5 nitrogen and oxygen atoms in total. The minimum Gasteiger partial charge on any atom is -0.491 e. The number of sulfonamides is 1. The lowest BCUT2D eigenvalue weighted by atomic mass is 10.1. The Kier molecular flexibility index (Phi) is 3.70. The molecule has 1 fully saturated rings. The molecule has 1 aromatic rings. The molecule has 1 aliphatic carbocycles. The maximum absolute atomic E-state index is 12.3. The maximum atomic E-state index is 12.3. The highest BCUT2D eigenvalue weighted by Crippen LogP contribution is 2.32. The largest absolute Gasteiger partial charge is 0.491 e. The number of fused-ring (bicyclic) bond motifs is 1. The average molecular weight is 296 g/mol. The summed E-state index contributed by atoms with van der Waals surface area (Å²) in [6.07, 6.45) is 2.31. The lowest BCUT2D eigenvalue weighted by molar-refractivity contribution is 0.324. The van der Waals surface area contributed by atoms with Gasteiger partial charge in [0.1, 0.15) is 12.4 Å². The third-order valence-corrected chi connectivity index (χ3v) is 5.65. The fourth-order valence-electron chi connectivity index (χ4n) is 2.30. The van der Waals surface area contributed by atoms with Crippen LogP contribution in [0.25, 0.3) is 0 Å². The van der Waals surface area contributed by atoms with Crippen LogP contribution in [0, 0.1) is 0 Å². The minimum atomic E-state index is -3.35. The van der Waals surface area contributed by atoms with E-state index in [0.29, 0.717) is 19.2 Å². The number of para-hydroxylation sites is 1. The van der Waals surface area contributed by atoms with Crippen LogP contribution in [0.5, 0.6) is 5.75 Å². The van der Waals surface area contributed by atoms with E-state index in [-0.39, 0.29) is 6.04 Å². The van der Waals surface area contributed by atoms with Gasteiger partial charge in [-0.05, 0) is 25.8 Å². The molecule has 2 aliphatic rings. The molecule has 1 saturated carbocycles. The molecule has 1 heterocycles. The summed E-state index contributed by atoms with van der Waals surface area (Å²) < 4.78 is 32.9. The van der Waals surface area contributed by atoms with E-state index in [0.717, 1.165) is 24.2 Å². The summed E-state index contributed by atoms with van der Waals surface area (Å²) in [5, 5.41) is 2.81. The molecule has 110 valence electrons. The Bertz CT molecular complexity index is 584. The summed E-state index contributed by atoms with van der Waals surface area (Å²) in [5.41, 5.74) is 0.915. The molecule has 0 amide bonds. The Morgan fingerprint density at radius 2 is 2.10 bits per heavy atom. The Labute approximate surface area is 119 Å². The van der Waals surface area contributed by atoms with Crippen molar-refractivity contribution in [1.29, 1.82) is 0 Å². The average Bonchev–Trinajstić information content (AvgIpc) is 3.18. The first-order chi connectivity index (χ1) is 9.56. The fourth-order valence-corrected chi connectivity index (χ4v) is 3.44. The number of hydrogen-bond acceptors (Lipinski definition) is 4. The van der Waals surface area contributed by atoms with E-state index >= 15 is 0 Å². The van der Waals surface area contributed by atoms with E-state index in [4.69, 9.17) is 4.74 Å². The molecule has 20 heavy (non-hydrogen) atoms. The lowest BCUT2D eigenvalue weighted by Crippen LogP contribution is -2.41. The molecule has 0 saturated heterocycles. The molecule has 0 aromatic heterocycles. The fraction of sp³-hybridized carbons (Fsp3) is 0.571. The molecular formula is C14H20N2O3S. The second-order valence-corrected chi connectivity index (χ2v) is 7.69. The van der Waals surface area contributed by atoms with Crippen molar-refractivity contribution in [1.82, 2.24) is 10.0 Å². The molecule has 6 heteroatoms. The van der Waals surface area contributed by atoms with Gasteiger partial charge in [0.2, 0.25) is 10.0 Å². The first-order valence-electron chi connectivity index (χ1n) is 7.02. The summed E-state index contributed by atoms with van der Waals surface area (Å²) in [5.74, 6) is 0.768. The van der Waals surface area contributed by atoms with Crippen molar-refractivity contribution in [2.45, 2.75) is 37.1 Å². The number of hydrogen-bond donors (Lipinski definition) is 2. The van der Waals surface area contributed by atoms with E-state index in [9.17, 15) is 8.42 Å². The van der Waals surface area contributed by atoms with Crippen molar-refractivity contribution in [2.75, 3.05) is 13.2 Å². The standard InChI is InChI=1S/C14H20N2O3S/c1-10(8-15-11-6-7-11)20(17,18)16-13-9-19-14-5-3-2-4-12(13)14/h2-5,10-11,13,15-16H,6-9H2,1H3. The number of nitrogens with one attached hydrogen (secondary N) is 2. The zero-order valence-electron chi connectivity index (χ0n) is 11.5. The van der Waals surface area contributed by atoms with Crippen molar-refractivity contribution in [3.8, 4) is 5.75 Å². The molecule has 0 spiro atoms. The van der Waals surface area contributed by atoms with E-state index in [1.165, 1.54) is 0 Å². The van der Waals surface area contributed by atoms with Gasteiger partial charge >= 0.3 is 0 Å². The highest BCUT2D eigenvalue weighted by Gasteiger charge is 2.31. The van der Waals surface area contributed by atoms with Gasteiger partial charge in [-0.15, -0.1) is 0 Å². The van der Waals surface area contributed by atoms with Gasteiger partial charge in [-0.3, -0.25) is 0 Å². The lowest BCUT2D eigenvalue weighted by Gasteiger charge is -2.18. The molecule has 2 unspecified atom stereocenters. The van der Waals surface area contributed by atoms with Crippen LogP contribution in [0.15, 0.2) is 24.3 Å². The van der Waals surface area contributed by atoms with Gasteiger partial charge < -0.3 is 10.1 Å². The molecule has 2 N–H and O–H groups in total. The van der Waals surface area contributed by atoms with E-state index in [1.54, 1.807) is 6.92 Å². The third-order valence-electron chi connectivity index (χ3n) is 3.81. The van der Waals surface area contributed by atoms with E-state index in [2.05, 4.69) is 10.0 Å². The first kappa shape index (κ1) is 13.9. The van der Waals surface area contributed by atoms with Gasteiger partial charge in [0.15, 0.2) is 0 Å². The second-order valence-electron chi connectivity index (χ2n) is 5.56. The van der Waals surface area contributed by atoms with E-state index < -0.39 is 15.3 Å². The smallest absolute Gasteiger partial charge is 0.216 e. The van der Waals surface area contributed by atoms with Crippen molar-refractivity contribution < 1.29 is 13.2 Å². The second kappa shape index (κ2) is 5.35. The van der Waals surface area contributed by atoms with Gasteiger partial charge in [0.25, 0.3) is 0 Å². The number of benzene rings is 1. The molecule has 1 aromatic carbocycles. The van der Waals surface area contributed by atoms with Crippen LogP contribution in [-0.2, 0) is 10.0 Å². The third kappa shape index (κ3) is 2.97. The summed E-state index contributed by atoms with van der Waals surface area (Å²) in [4.78, 5) is 0. The Hall–Kier alpha value is -1.11. The van der Waals surface area contributed by atoms with Crippen LogP contribution in [0.3, 0.4) is 0 Å². The van der Waals surface area contributed by atoms with Crippen LogP contribution in [0.4, 0.5) is 0 Å². The Balaban J connectivity index is 1.64. The topological polar surface area (TPSA) is 67.4 Å². The summed E-state index contributed by atoms with van der Waals surface area (Å²) in [6.45, 7) is 2.59. The van der Waals surface area contributed by atoms with Crippen LogP contribution >= 0.6 is 0 Å². The van der Waals surface area contributed by atoms with Gasteiger partial charge in [0.05, 0.1) is 11.3 Å². The molecule has 0 bridgehead atoms. The zero-order chi connectivity index (χ0) is 14.2. The molecule has 2 atom stereocenters. The summed E-state index contributed by atoms with van der Waals surface area (Å²) >= 11 is 0. The molecular weight excluding hydrogens is 276 g/mol. The highest BCUT2D eigenvalue weighted by atomic mass is 32.2. The predicted molar refractivity (Wildman–Crippen MR) is 77.2 cm³/mol. The van der Waals surface area contributed by atoms with Crippen LogP contribution < -0.4 is 14.8 Å². The summed E-state index contributed by atoms with van der Waals surface area (Å²) in [7, 11) is -3.35. The Morgan fingerprint density at radius 3 is 2.85 bits per heavy atom. The molecule has 1 aliphatic heterocycles. The van der Waals surface area contributed by atoms with Crippen molar-refractivity contribution >= 4 is 10.0 Å². The van der Waals surface area contributed by atoms with Gasteiger partial charge in [0, 0.05) is 18.2 Å². The van der Waals surface area contributed by atoms with Crippen LogP contribution in [-0.4, -0.2) is 32.9 Å². The monoisotopic (exact) mass is 296 g/mol. The van der Waals surface area contributed by atoms with E-state index in [1.807, 2.05) is 24.3 Å². The van der Waals surface area contributed by atoms with Crippen molar-refractivity contribution in [3.05, 3.63) is 29.8 Å². The highest BCUT2D eigenvalue weighted by molar-refractivity contribution is 7.90. The Morgan fingerprint density at radius 1 is 1.35 bits per heavy atom.